The van der Waals surface area contributed by atoms with Gasteiger partial charge in [-0.15, -0.1) is 0 Å². The number of urea groups is 1. The number of ether oxygens (including phenoxy) is 1. The molecule has 0 spiro atoms. The first kappa shape index (κ1) is 20.1. The minimum atomic E-state index is -0.900. The lowest BCUT2D eigenvalue weighted by molar-refractivity contribution is -0.128. The first-order valence-electron chi connectivity index (χ1n) is 9.35. The molecule has 31 heavy (non-hydrogen) atoms. The van der Waals surface area contributed by atoms with Crippen molar-refractivity contribution in [1.82, 2.24) is 10.2 Å². The predicted octanol–water partition coefficient (Wildman–Crippen LogP) is 2.35. The smallest absolute Gasteiger partial charge is 0.351 e. The molecule has 0 atom stereocenters. The molecule has 0 aromatic heterocycles. The van der Waals surface area contributed by atoms with E-state index in [-0.39, 0.29) is 29.1 Å². The van der Waals surface area contributed by atoms with Gasteiger partial charge in [-0.05, 0) is 23.8 Å². The van der Waals surface area contributed by atoms with Gasteiger partial charge >= 0.3 is 6.03 Å². The molecule has 0 saturated carbocycles. The number of hydrogen-bond donors (Lipinski definition) is 1. The van der Waals surface area contributed by atoms with Crippen LogP contribution in [0, 0.1) is 5.82 Å². The topological polar surface area (TPSA) is 100 Å². The van der Waals surface area contributed by atoms with E-state index >= 15 is 0 Å². The Balaban J connectivity index is 1.44. The number of nitrogens with zero attached hydrogens (tertiary/aromatic N) is 3. The van der Waals surface area contributed by atoms with Gasteiger partial charge in [-0.3, -0.25) is 9.59 Å². The largest absolute Gasteiger partial charge is 0.497 e. The molecule has 4 rings (SSSR count). The van der Waals surface area contributed by atoms with Gasteiger partial charge < -0.3 is 10.1 Å². The van der Waals surface area contributed by atoms with E-state index in [1.165, 1.54) is 24.4 Å². The van der Waals surface area contributed by atoms with E-state index < -0.39 is 30.2 Å². The highest BCUT2D eigenvalue weighted by Crippen LogP contribution is 2.27. The third kappa shape index (κ3) is 3.97. The summed E-state index contributed by atoms with van der Waals surface area (Å²) in [5, 5.41) is 2.65. The van der Waals surface area contributed by atoms with E-state index in [9.17, 15) is 18.8 Å². The second-order valence-corrected chi connectivity index (χ2v) is 6.76. The number of halogens is 1. The molecule has 9 heteroatoms. The summed E-state index contributed by atoms with van der Waals surface area (Å²) in [6.07, 6.45) is 1.30. The van der Waals surface area contributed by atoms with Crippen LogP contribution in [0.5, 0.6) is 5.75 Å². The summed E-state index contributed by atoms with van der Waals surface area (Å²) in [6, 6.07) is 12.1. The van der Waals surface area contributed by atoms with Gasteiger partial charge in [-0.25, -0.2) is 19.1 Å². The molecule has 2 aromatic rings. The van der Waals surface area contributed by atoms with Crippen LogP contribution in [-0.2, 0) is 16.1 Å². The number of fused-ring (bicyclic) bond motifs is 1. The van der Waals surface area contributed by atoms with Crippen molar-refractivity contribution in [2.45, 2.75) is 6.54 Å². The zero-order valence-corrected chi connectivity index (χ0v) is 16.5. The lowest BCUT2D eigenvalue weighted by atomic mass is 9.99. The third-order valence-corrected chi connectivity index (χ3v) is 4.80. The number of rotatable bonds is 6. The highest BCUT2D eigenvalue weighted by Gasteiger charge is 2.39. The molecule has 0 unspecified atom stereocenters. The summed E-state index contributed by atoms with van der Waals surface area (Å²) in [7, 11) is 1.56. The third-order valence-electron chi connectivity index (χ3n) is 4.80. The van der Waals surface area contributed by atoms with Crippen molar-refractivity contribution in [2.75, 3.05) is 13.7 Å². The van der Waals surface area contributed by atoms with Gasteiger partial charge in [0.15, 0.2) is 5.71 Å². The molecule has 2 heterocycles. The molecule has 0 radical (unpaired) electrons. The Labute approximate surface area is 176 Å². The van der Waals surface area contributed by atoms with Gasteiger partial charge in [0.2, 0.25) is 5.91 Å². The molecule has 2 aliphatic rings. The van der Waals surface area contributed by atoms with Crippen LogP contribution in [0.25, 0.3) is 5.57 Å². The van der Waals surface area contributed by atoms with E-state index in [1.54, 1.807) is 37.4 Å². The summed E-state index contributed by atoms with van der Waals surface area (Å²) >= 11 is 0. The summed E-state index contributed by atoms with van der Waals surface area (Å²) in [4.78, 5) is 46.1. The number of carbonyl (C=O) groups excluding carboxylic acids is 3. The number of methoxy groups -OCH3 is 1. The zero-order valence-electron chi connectivity index (χ0n) is 16.5. The van der Waals surface area contributed by atoms with Crippen molar-refractivity contribution in [3.63, 3.8) is 0 Å². The van der Waals surface area contributed by atoms with E-state index in [1.807, 2.05) is 0 Å². The lowest BCUT2D eigenvalue weighted by Crippen LogP contribution is -2.50. The molecule has 1 N–H and O–H groups in total. The van der Waals surface area contributed by atoms with Crippen LogP contribution in [-0.4, -0.2) is 47.8 Å². The van der Waals surface area contributed by atoms with Crippen molar-refractivity contribution >= 4 is 34.8 Å². The second kappa shape index (κ2) is 8.31. The summed E-state index contributed by atoms with van der Waals surface area (Å²) in [5.41, 5.74) is 1.17. The number of imide groups is 1. The predicted molar refractivity (Wildman–Crippen MR) is 111 cm³/mol. The fourth-order valence-corrected chi connectivity index (χ4v) is 3.18. The first-order valence-corrected chi connectivity index (χ1v) is 9.35. The van der Waals surface area contributed by atoms with Crippen molar-refractivity contribution in [3.05, 3.63) is 71.7 Å². The average Bonchev–Trinajstić information content (AvgIpc) is 3.19. The zero-order chi connectivity index (χ0) is 22.0. The number of hydrogen-bond acceptors (Lipinski definition) is 5. The lowest BCUT2D eigenvalue weighted by Gasteiger charge is -2.23. The molecule has 8 nitrogen and oxygen atoms in total. The van der Waals surface area contributed by atoms with Crippen LogP contribution in [0.15, 0.2) is 64.7 Å². The molecule has 156 valence electrons. The maximum atomic E-state index is 14.1. The quantitative estimate of drug-likeness (QED) is 0.775. The van der Waals surface area contributed by atoms with Crippen LogP contribution in [0.1, 0.15) is 11.1 Å². The number of benzene rings is 2. The van der Waals surface area contributed by atoms with Gasteiger partial charge in [0.25, 0.3) is 5.91 Å². The summed E-state index contributed by atoms with van der Waals surface area (Å²) in [5.74, 6) is -1.11. The fourth-order valence-electron chi connectivity index (χ4n) is 3.18. The van der Waals surface area contributed by atoms with E-state index in [2.05, 4.69) is 15.3 Å². The molecule has 2 aromatic carbocycles. The summed E-state index contributed by atoms with van der Waals surface area (Å²) < 4.78 is 19.2. The maximum absolute atomic E-state index is 14.1. The molecular weight excluding hydrogens is 403 g/mol. The van der Waals surface area contributed by atoms with Crippen LogP contribution in [0.3, 0.4) is 0 Å². The molecule has 2 aliphatic heterocycles. The summed E-state index contributed by atoms with van der Waals surface area (Å²) in [6.45, 7) is -0.286. The number of allylic oxidation sites excluding steroid dienone is 1. The Morgan fingerprint density at radius 1 is 1.10 bits per heavy atom. The van der Waals surface area contributed by atoms with Crippen LogP contribution >= 0.6 is 0 Å². The van der Waals surface area contributed by atoms with Gasteiger partial charge in [0.1, 0.15) is 23.8 Å². The molecule has 4 amide bonds. The SMILES string of the molecule is COc1ccc(CNC(=O)CN2C(=O)N=C3C(c4ccccc4F)=CN=C3C2=O)cc1. The minimum absolute atomic E-state index is 0.00925. The second-order valence-electron chi connectivity index (χ2n) is 6.76. The van der Waals surface area contributed by atoms with Gasteiger partial charge in [0.05, 0.1) is 7.11 Å². The monoisotopic (exact) mass is 420 g/mol. The standard InChI is InChI=1S/C22H17FN4O4/c1-31-14-8-6-13(7-9-14)10-24-18(28)12-27-21(29)20-19(26-22(27)30)16(11-25-20)15-4-2-3-5-17(15)23/h2-9,11H,10,12H2,1H3,(H,24,28). The number of carbonyl (C=O) groups is 3. The van der Waals surface area contributed by atoms with Crippen molar-refractivity contribution in [2.24, 2.45) is 9.98 Å². The number of aliphatic imine (C=N–C) groups is 2. The van der Waals surface area contributed by atoms with Crippen molar-refractivity contribution in [1.29, 1.82) is 0 Å². The molecule has 0 aliphatic carbocycles. The van der Waals surface area contributed by atoms with Crippen molar-refractivity contribution < 1.29 is 23.5 Å². The van der Waals surface area contributed by atoms with E-state index in [0.717, 1.165) is 5.56 Å². The van der Waals surface area contributed by atoms with Gasteiger partial charge in [0, 0.05) is 23.9 Å². The highest BCUT2D eigenvalue weighted by molar-refractivity contribution is 6.78. The van der Waals surface area contributed by atoms with Crippen molar-refractivity contribution in [3.8, 4) is 5.75 Å². The molecule has 0 saturated heterocycles. The van der Waals surface area contributed by atoms with Crippen LogP contribution < -0.4 is 10.1 Å². The van der Waals surface area contributed by atoms with E-state index in [0.29, 0.717) is 10.6 Å². The highest BCUT2D eigenvalue weighted by atomic mass is 19.1. The Bertz CT molecular complexity index is 1170. The molecule has 0 fully saturated rings. The normalized spacial score (nSPS) is 15.2. The fraction of sp³-hybridized carbons (Fsp3) is 0.136. The Kier molecular flexibility index (Phi) is 5.40. The van der Waals surface area contributed by atoms with E-state index in [4.69, 9.17) is 4.74 Å². The number of amides is 4. The Morgan fingerprint density at radius 2 is 1.84 bits per heavy atom. The Morgan fingerprint density at radius 3 is 2.55 bits per heavy atom. The Hall–Kier alpha value is -4.14. The maximum Gasteiger partial charge on any atom is 0.351 e. The first-order chi connectivity index (χ1) is 15.0. The van der Waals surface area contributed by atoms with Gasteiger partial charge in [-0.1, -0.05) is 30.3 Å². The molecular formula is C22H17FN4O4. The number of nitrogens with one attached hydrogen (secondary N) is 1. The van der Waals surface area contributed by atoms with Crippen LogP contribution in [0.4, 0.5) is 9.18 Å². The molecule has 0 bridgehead atoms. The minimum Gasteiger partial charge on any atom is -0.497 e. The van der Waals surface area contributed by atoms with Gasteiger partial charge in [-0.2, -0.15) is 4.99 Å². The van der Waals surface area contributed by atoms with Crippen LogP contribution in [0.2, 0.25) is 0 Å². The average molecular weight is 420 g/mol.